The molecule has 82 valence electrons. The third-order valence-electron chi connectivity index (χ3n) is 2.60. The Kier molecular flexibility index (Phi) is 3.45. The fraction of sp³-hybridized carbons (Fsp3) is 0.333. The van der Waals surface area contributed by atoms with Crippen molar-refractivity contribution in [3.05, 3.63) is 30.5 Å². The number of fused-ring (bicyclic) bond motifs is 1. The molecule has 0 unspecified atom stereocenters. The highest BCUT2D eigenvalue weighted by molar-refractivity contribution is 5.92. The molecule has 0 spiro atoms. The number of quaternary nitrogens is 1. The first-order valence-electron chi connectivity index (χ1n) is 4.86. The molecule has 0 N–H and O–H groups in total. The third kappa shape index (κ3) is 2.18. The van der Waals surface area contributed by atoms with E-state index < -0.39 is 0 Å². The fourth-order valence-corrected chi connectivity index (χ4v) is 1.85. The van der Waals surface area contributed by atoms with Crippen LogP contribution in [-0.2, 0) is 7.05 Å². The molecule has 1 aromatic heterocycles. The maximum absolute atomic E-state index is 2.21. The second-order valence-electron chi connectivity index (χ2n) is 4.65. The van der Waals surface area contributed by atoms with Crippen LogP contribution in [0.15, 0.2) is 30.5 Å². The summed E-state index contributed by atoms with van der Waals surface area (Å²) in [5.41, 5.74) is 2.67. The summed E-state index contributed by atoms with van der Waals surface area (Å²) >= 11 is 0. The van der Waals surface area contributed by atoms with E-state index in [0.717, 1.165) is 4.48 Å². The van der Waals surface area contributed by atoms with Gasteiger partial charge in [0.25, 0.3) is 0 Å². The second kappa shape index (κ2) is 4.14. The number of halogens is 1. The Balaban J connectivity index is 0.00000112. The predicted octanol–water partition coefficient (Wildman–Crippen LogP) is -0.621. The molecule has 0 amide bonds. The standard InChI is InChI=1S/C12H17N2.HI/c1-13-9-12(14(2,3)4)10-7-5-6-8-11(10)13;/h5-9H,1-4H3;1H/q+1;/p-1. The van der Waals surface area contributed by atoms with Gasteiger partial charge in [0.05, 0.1) is 38.2 Å². The minimum absolute atomic E-state index is 0. The van der Waals surface area contributed by atoms with Gasteiger partial charge in [-0.05, 0) is 12.1 Å². The number of nitrogens with zero attached hydrogens (tertiary/aromatic N) is 2. The first kappa shape index (κ1) is 12.5. The van der Waals surface area contributed by atoms with Crippen LogP contribution < -0.4 is 28.5 Å². The van der Waals surface area contributed by atoms with Gasteiger partial charge in [0.2, 0.25) is 0 Å². The van der Waals surface area contributed by atoms with Crippen LogP contribution in [0.1, 0.15) is 0 Å². The van der Waals surface area contributed by atoms with Crippen LogP contribution >= 0.6 is 0 Å². The monoisotopic (exact) mass is 316 g/mol. The number of benzene rings is 1. The van der Waals surface area contributed by atoms with E-state index >= 15 is 0 Å². The van der Waals surface area contributed by atoms with Crippen molar-refractivity contribution in [1.82, 2.24) is 9.05 Å². The van der Waals surface area contributed by atoms with Crippen LogP contribution in [0.2, 0.25) is 0 Å². The highest BCUT2D eigenvalue weighted by Gasteiger charge is 2.18. The van der Waals surface area contributed by atoms with Gasteiger partial charge in [-0.25, -0.2) is 0 Å². The minimum atomic E-state index is 0. The molecule has 0 radical (unpaired) electrons. The van der Waals surface area contributed by atoms with E-state index in [1.54, 1.807) is 0 Å². The number of hydrogen-bond donors (Lipinski definition) is 0. The average Bonchev–Trinajstić information content (AvgIpc) is 2.44. The molecule has 0 bridgehead atoms. The van der Waals surface area contributed by atoms with Crippen LogP contribution in [0.4, 0.5) is 5.69 Å². The van der Waals surface area contributed by atoms with Crippen LogP contribution in [0.25, 0.3) is 10.9 Å². The third-order valence-corrected chi connectivity index (χ3v) is 2.60. The fourth-order valence-electron chi connectivity index (χ4n) is 1.85. The Hall–Kier alpha value is -0.550. The van der Waals surface area contributed by atoms with Crippen molar-refractivity contribution < 1.29 is 24.0 Å². The second-order valence-corrected chi connectivity index (χ2v) is 4.65. The van der Waals surface area contributed by atoms with E-state index in [1.807, 2.05) is 0 Å². The van der Waals surface area contributed by atoms with Gasteiger partial charge < -0.3 is 28.5 Å². The van der Waals surface area contributed by atoms with Crippen molar-refractivity contribution in [2.45, 2.75) is 0 Å². The molecule has 0 aliphatic rings. The summed E-state index contributed by atoms with van der Waals surface area (Å²) in [7, 11) is 8.69. The van der Waals surface area contributed by atoms with Crippen LogP contribution in [0.5, 0.6) is 0 Å². The lowest BCUT2D eigenvalue weighted by Gasteiger charge is -2.22. The molecule has 0 fully saturated rings. The Morgan fingerprint density at radius 3 is 2.27 bits per heavy atom. The summed E-state index contributed by atoms with van der Waals surface area (Å²) in [6, 6.07) is 8.53. The molecule has 1 aromatic carbocycles. The van der Waals surface area contributed by atoms with E-state index in [4.69, 9.17) is 0 Å². The summed E-state index contributed by atoms with van der Waals surface area (Å²) in [6.45, 7) is 0. The van der Waals surface area contributed by atoms with Crippen LogP contribution in [-0.4, -0.2) is 25.7 Å². The Morgan fingerprint density at radius 2 is 1.67 bits per heavy atom. The average molecular weight is 316 g/mol. The van der Waals surface area contributed by atoms with Crippen LogP contribution in [0, 0.1) is 0 Å². The van der Waals surface area contributed by atoms with Gasteiger partial charge in [-0.1, -0.05) is 12.1 Å². The van der Waals surface area contributed by atoms with E-state index in [0.29, 0.717) is 0 Å². The number of rotatable bonds is 1. The lowest BCUT2D eigenvalue weighted by molar-refractivity contribution is -0.00000317. The Labute approximate surface area is 108 Å². The number of aromatic nitrogens is 1. The van der Waals surface area contributed by atoms with Crippen molar-refractivity contribution in [2.75, 3.05) is 21.1 Å². The van der Waals surface area contributed by atoms with Gasteiger partial charge in [0.1, 0.15) is 0 Å². The molecule has 2 aromatic rings. The molecule has 2 nitrogen and oxygen atoms in total. The van der Waals surface area contributed by atoms with Gasteiger partial charge >= 0.3 is 0 Å². The largest absolute Gasteiger partial charge is 1.00 e. The Morgan fingerprint density at radius 1 is 1.07 bits per heavy atom. The highest BCUT2D eigenvalue weighted by atomic mass is 127. The quantitative estimate of drug-likeness (QED) is 0.488. The number of hydrogen-bond acceptors (Lipinski definition) is 0. The molecule has 1 heterocycles. The zero-order valence-corrected chi connectivity index (χ0v) is 11.8. The molecule has 0 aliphatic heterocycles. The van der Waals surface area contributed by atoms with E-state index in [1.165, 1.54) is 16.6 Å². The van der Waals surface area contributed by atoms with E-state index in [-0.39, 0.29) is 24.0 Å². The maximum atomic E-state index is 2.21. The number of para-hydroxylation sites is 1. The van der Waals surface area contributed by atoms with Crippen molar-refractivity contribution in [3.8, 4) is 0 Å². The van der Waals surface area contributed by atoms with Crippen molar-refractivity contribution in [1.29, 1.82) is 0 Å². The Bertz CT molecular complexity index is 466. The summed E-state index contributed by atoms with van der Waals surface area (Å²) in [5, 5.41) is 1.35. The van der Waals surface area contributed by atoms with E-state index in [2.05, 4.69) is 63.2 Å². The smallest absolute Gasteiger partial charge is 0.158 e. The molecule has 0 saturated carbocycles. The predicted molar refractivity (Wildman–Crippen MR) is 62.5 cm³/mol. The zero-order valence-electron chi connectivity index (χ0n) is 9.66. The molecular weight excluding hydrogens is 299 g/mol. The van der Waals surface area contributed by atoms with Gasteiger partial charge in [0, 0.05) is 7.05 Å². The summed E-state index contributed by atoms with van der Waals surface area (Å²) in [5.74, 6) is 0. The molecule has 0 atom stereocenters. The first-order chi connectivity index (χ1) is 6.50. The summed E-state index contributed by atoms with van der Waals surface area (Å²) < 4.78 is 3.05. The molecule has 3 heteroatoms. The highest BCUT2D eigenvalue weighted by Crippen LogP contribution is 2.29. The molecule has 0 saturated heterocycles. The minimum Gasteiger partial charge on any atom is -1.00 e. The number of aryl methyl sites for hydroxylation is 1. The normalized spacial score (nSPS) is 11.5. The van der Waals surface area contributed by atoms with Crippen molar-refractivity contribution >= 4 is 16.6 Å². The molecule has 2 rings (SSSR count). The van der Waals surface area contributed by atoms with E-state index in [9.17, 15) is 0 Å². The zero-order chi connectivity index (χ0) is 10.3. The van der Waals surface area contributed by atoms with Crippen LogP contribution in [0.3, 0.4) is 0 Å². The van der Waals surface area contributed by atoms with Gasteiger partial charge in [0.15, 0.2) is 5.69 Å². The maximum Gasteiger partial charge on any atom is 0.158 e. The SMILES string of the molecule is Cn1cc([N+](C)(C)C)c2ccccc21.[I-]. The van der Waals surface area contributed by atoms with Crippen molar-refractivity contribution in [3.63, 3.8) is 0 Å². The van der Waals surface area contributed by atoms with Crippen molar-refractivity contribution in [2.24, 2.45) is 7.05 Å². The van der Waals surface area contributed by atoms with Gasteiger partial charge in [-0.15, -0.1) is 0 Å². The molecule has 15 heavy (non-hydrogen) atoms. The lowest BCUT2D eigenvalue weighted by atomic mass is 10.2. The topological polar surface area (TPSA) is 4.93 Å². The lowest BCUT2D eigenvalue weighted by Crippen LogP contribution is -3.00. The summed E-state index contributed by atoms with van der Waals surface area (Å²) in [4.78, 5) is 0. The molecule has 0 aliphatic carbocycles. The van der Waals surface area contributed by atoms with Gasteiger partial charge in [-0.2, -0.15) is 0 Å². The molecular formula is C12H17IN2. The van der Waals surface area contributed by atoms with Gasteiger partial charge in [-0.3, -0.25) is 4.48 Å². The summed E-state index contributed by atoms with van der Waals surface area (Å²) in [6.07, 6.45) is 2.21. The first-order valence-corrected chi connectivity index (χ1v) is 4.86.